The first-order valence-corrected chi connectivity index (χ1v) is 8.83. The molecule has 2 aromatic rings. The molecule has 0 radical (unpaired) electrons. The molecular formula is C19H22ClN3O2. The van der Waals surface area contributed by atoms with Gasteiger partial charge in [0.15, 0.2) is 0 Å². The van der Waals surface area contributed by atoms with Gasteiger partial charge in [-0.2, -0.15) is 0 Å². The Morgan fingerprint density at radius 1 is 1.24 bits per heavy atom. The van der Waals surface area contributed by atoms with E-state index in [1.807, 2.05) is 56.4 Å². The van der Waals surface area contributed by atoms with Crippen molar-refractivity contribution >= 4 is 23.4 Å². The van der Waals surface area contributed by atoms with Crippen LogP contribution in [0.2, 0.25) is 5.02 Å². The first-order chi connectivity index (χ1) is 12.0. The molecule has 25 heavy (non-hydrogen) atoms. The van der Waals surface area contributed by atoms with E-state index in [1.54, 1.807) is 4.90 Å². The molecule has 3 rings (SSSR count). The van der Waals surface area contributed by atoms with E-state index in [0.717, 1.165) is 17.8 Å². The van der Waals surface area contributed by atoms with Crippen LogP contribution in [0.15, 0.2) is 42.6 Å². The molecule has 0 spiro atoms. The monoisotopic (exact) mass is 359 g/mol. The average Bonchev–Trinajstić information content (AvgIpc) is 3.01. The molecule has 1 aliphatic rings. The van der Waals surface area contributed by atoms with Crippen molar-refractivity contribution < 1.29 is 9.59 Å². The molecule has 5 nitrogen and oxygen atoms in total. The standard InChI is InChI=1S/C19H22ClN3O2/c1-13(2)21-17(24)12-18(25)23-10-9-22-8-4-7-16(22)19(23)14-5-3-6-15(20)11-14/h3-8,11,13,19H,9-10,12H2,1-2H3,(H,21,24)/t19-/m1/s1. The zero-order valence-electron chi connectivity index (χ0n) is 14.4. The Labute approximate surface area is 152 Å². The normalized spacial score (nSPS) is 16.6. The van der Waals surface area contributed by atoms with Crippen molar-refractivity contribution in [2.45, 2.75) is 38.9 Å². The third kappa shape index (κ3) is 3.87. The summed E-state index contributed by atoms with van der Waals surface area (Å²) < 4.78 is 2.14. The third-order valence-electron chi connectivity index (χ3n) is 4.28. The van der Waals surface area contributed by atoms with Gasteiger partial charge >= 0.3 is 0 Å². The van der Waals surface area contributed by atoms with Gasteiger partial charge in [0.25, 0.3) is 0 Å². The Morgan fingerprint density at radius 3 is 2.76 bits per heavy atom. The highest BCUT2D eigenvalue weighted by atomic mass is 35.5. The molecule has 0 fully saturated rings. The van der Waals surface area contributed by atoms with Gasteiger partial charge in [-0.3, -0.25) is 9.59 Å². The van der Waals surface area contributed by atoms with Crippen LogP contribution < -0.4 is 5.32 Å². The molecule has 1 aromatic heterocycles. The minimum atomic E-state index is -0.245. The number of carbonyl (C=O) groups excluding carboxylic acids is 2. The van der Waals surface area contributed by atoms with E-state index in [1.165, 1.54) is 0 Å². The number of hydrogen-bond acceptors (Lipinski definition) is 2. The number of rotatable bonds is 4. The van der Waals surface area contributed by atoms with Crippen LogP contribution in [0.3, 0.4) is 0 Å². The number of nitrogens with zero attached hydrogens (tertiary/aromatic N) is 2. The average molecular weight is 360 g/mol. The van der Waals surface area contributed by atoms with E-state index in [2.05, 4.69) is 9.88 Å². The van der Waals surface area contributed by atoms with Gasteiger partial charge in [0.1, 0.15) is 6.42 Å². The molecule has 132 valence electrons. The summed E-state index contributed by atoms with van der Waals surface area (Å²) in [4.78, 5) is 26.6. The van der Waals surface area contributed by atoms with Crippen molar-refractivity contribution in [2.24, 2.45) is 0 Å². The van der Waals surface area contributed by atoms with Crippen molar-refractivity contribution in [1.29, 1.82) is 0 Å². The summed E-state index contributed by atoms with van der Waals surface area (Å²) >= 11 is 6.16. The molecule has 0 aliphatic carbocycles. The van der Waals surface area contributed by atoms with E-state index < -0.39 is 0 Å². The molecule has 0 bridgehead atoms. The predicted molar refractivity (Wildman–Crippen MR) is 97.3 cm³/mol. The van der Waals surface area contributed by atoms with Crippen molar-refractivity contribution in [3.8, 4) is 0 Å². The summed E-state index contributed by atoms with van der Waals surface area (Å²) in [6, 6.07) is 11.3. The Morgan fingerprint density at radius 2 is 2.04 bits per heavy atom. The number of carbonyl (C=O) groups is 2. The van der Waals surface area contributed by atoms with E-state index in [0.29, 0.717) is 11.6 Å². The molecule has 0 saturated heterocycles. The minimum absolute atomic E-state index is 0.0163. The van der Waals surface area contributed by atoms with Crippen LogP contribution in [0, 0.1) is 0 Å². The Balaban J connectivity index is 1.89. The molecular weight excluding hydrogens is 338 g/mol. The first kappa shape index (κ1) is 17.5. The van der Waals surface area contributed by atoms with Gasteiger partial charge in [-0.25, -0.2) is 0 Å². The number of benzene rings is 1. The number of hydrogen-bond donors (Lipinski definition) is 1. The minimum Gasteiger partial charge on any atom is -0.353 e. The number of halogens is 1. The van der Waals surface area contributed by atoms with E-state index in [9.17, 15) is 9.59 Å². The molecule has 6 heteroatoms. The zero-order chi connectivity index (χ0) is 18.0. The Bertz CT molecular complexity index is 784. The summed E-state index contributed by atoms with van der Waals surface area (Å²) in [7, 11) is 0. The lowest BCUT2D eigenvalue weighted by molar-refractivity contribution is -0.138. The van der Waals surface area contributed by atoms with Gasteiger partial charge in [-0.05, 0) is 43.7 Å². The maximum absolute atomic E-state index is 12.8. The van der Waals surface area contributed by atoms with Crippen LogP contribution >= 0.6 is 11.6 Å². The SMILES string of the molecule is CC(C)NC(=O)CC(=O)N1CCn2cccc2[C@H]1c1cccc(Cl)c1. The molecule has 1 N–H and O–H groups in total. The van der Waals surface area contributed by atoms with Gasteiger partial charge in [0.2, 0.25) is 11.8 Å². The fourth-order valence-corrected chi connectivity index (χ4v) is 3.49. The second kappa shape index (κ2) is 7.31. The highest BCUT2D eigenvalue weighted by Crippen LogP contribution is 2.33. The summed E-state index contributed by atoms with van der Waals surface area (Å²) in [6.07, 6.45) is 1.87. The molecule has 2 heterocycles. The largest absolute Gasteiger partial charge is 0.353 e. The Hall–Kier alpha value is -2.27. The molecule has 1 aromatic carbocycles. The van der Waals surface area contributed by atoms with Crippen LogP contribution in [-0.4, -0.2) is 33.9 Å². The van der Waals surface area contributed by atoms with Crippen molar-refractivity contribution in [1.82, 2.24) is 14.8 Å². The molecule has 0 unspecified atom stereocenters. The summed E-state index contributed by atoms with van der Waals surface area (Å²) in [5.41, 5.74) is 1.98. The Kier molecular flexibility index (Phi) is 5.13. The number of nitrogens with one attached hydrogen (secondary N) is 1. The number of fused-ring (bicyclic) bond motifs is 1. The highest BCUT2D eigenvalue weighted by molar-refractivity contribution is 6.30. The molecule has 0 saturated carbocycles. The maximum atomic E-state index is 12.8. The maximum Gasteiger partial charge on any atom is 0.232 e. The summed E-state index contributed by atoms with van der Waals surface area (Å²) in [5.74, 6) is -0.415. The molecule has 1 aliphatic heterocycles. The van der Waals surface area contributed by atoms with Gasteiger partial charge in [0.05, 0.1) is 6.04 Å². The van der Waals surface area contributed by atoms with E-state index >= 15 is 0 Å². The quantitative estimate of drug-likeness (QED) is 0.853. The van der Waals surface area contributed by atoms with Crippen molar-refractivity contribution in [2.75, 3.05) is 6.54 Å². The van der Waals surface area contributed by atoms with Crippen LogP contribution in [-0.2, 0) is 16.1 Å². The second-order valence-corrected chi connectivity index (χ2v) is 7.01. The molecule has 2 amide bonds. The lowest BCUT2D eigenvalue weighted by atomic mass is 9.99. The van der Waals surface area contributed by atoms with Crippen molar-refractivity contribution in [3.05, 3.63) is 58.9 Å². The smallest absolute Gasteiger partial charge is 0.232 e. The highest BCUT2D eigenvalue weighted by Gasteiger charge is 2.32. The van der Waals surface area contributed by atoms with E-state index in [4.69, 9.17) is 11.6 Å². The van der Waals surface area contributed by atoms with Crippen LogP contribution in [0.4, 0.5) is 0 Å². The summed E-state index contributed by atoms with van der Waals surface area (Å²) in [6.45, 7) is 5.04. The van der Waals surface area contributed by atoms with Crippen LogP contribution in [0.1, 0.15) is 37.6 Å². The first-order valence-electron chi connectivity index (χ1n) is 8.45. The second-order valence-electron chi connectivity index (χ2n) is 6.57. The fraction of sp³-hybridized carbons (Fsp3) is 0.368. The lowest BCUT2D eigenvalue weighted by Gasteiger charge is -2.37. The van der Waals surface area contributed by atoms with E-state index in [-0.39, 0.29) is 30.3 Å². The van der Waals surface area contributed by atoms with Gasteiger partial charge in [-0.1, -0.05) is 23.7 Å². The van der Waals surface area contributed by atoms with Crippen LogP contribution in [0.25, 0.3) is 0 Å². The topological polar surface area (TPSA) is 54.3 Å². The summed E-state index contributed by atoms with van der Waals surface area (Å²) in [5, 5.41) is 3.41. The van der Waals surface area contributed by atoms with Crippen molar-refractivity contribution in [3.63, 3.8) is 0 Å². The zero-order valence-corrected chi connectivity index (χ0v) is 15.2. The molecule has 1 atom stereocenters. The van der Waals surface area contributed by atoms with Gasteiger partial charge < -0.3 is 14.8 Å². The third-order valence-corrected chi connectivity index (χ3v) is 4.52. The van der Waals surface area contributed by atoms with Crippen LogP contribution in [0.5, 0.6) is 0 Å². The number of aromatic nitrogens is 1. The predicted octanol–water partition coefficient (Wildman–Crippen LogP) is 2.99. The fourth-order valence-electron chi connectivity index (χ4n) is 3.29. The number of amides is 2. The van der Waals surface area contributed by atoms with Gasteiger partial charge in [0, 0.05) is 36.0 Å². The lowest BCUT2D eigenvalue weighted by Crippen LogP contribution is -2.44. The van der Waals surface area contributed by atoms with Gasteiger partial charge in [-0.15, -0.1) is 0 Å².